The van der Waals surface area contributed by atoms with E-state index in [2.05, 4.69) is 17.4 Å². The molecule has 0 heterocycles. The molecule has 1 amide bonds. The Labute approximate surface area is 184 Å². The van der Waals surface area contributed by atoms with Gasteiger partial charge in [-0.05, 0) is 52.4 Å². The van der Waals surface area contributed by atoms with Gasteiger partial charge in [0.05, 0.1) is 5.56 Å². The van der Waals surface area contributed by atoms with Crippen LogP contribution in [-0.2, 0) is 10.9 Å². The number of carbonyl (C=O) groups excluding carboxylic acids is 1. The number of rotatable bonds is 5. The topological polar surface area (TPSA) is 38.3 Å². The van der Waals surface area contributed by atoms with E-state index in [9.17, 15) is 18.0 Å². The Bertz CT molecular complexity index is 1120. The van der Waals surface area contributed by atoms with Crippen LogP contribution >= 0.6 is 0 Å². The Morgan fingerprint density at radius 3 is 2.25 bits per heavy atom. The van der Waals surface area contributed by atoms with E-state index in [4.69, 9.17) is 4.74 Å². The van der Waals surface area contributed by atoms with E-state index in [0.717, 1.165) is 34.4 Å². The van der Waals surface area contributed by atoms with Gasteiger partial charge < -0.3 is 10.1 Å². The molecule has 6 heteroatoms. The number of ether oxygens (including phenoxy) is 1. The van der Waals surface area contributed by atoms with Crippen LogP contribution in [-0.4, -0.2) is 19.2 Å². The van der Waals surface area contributed by atoms with Crippen molar-refractivity contribution in [2.45, 2.75) is 19.0 Å². The molecule has 3 nitrogen and oxygen atoms in total. The van der Waals surface area contributed by atoms with Gasteiger partial charge in [0, 0.05) is 12.5 Å². The smallest absolute Gasteiger partial charge is 0.416 e. The monoisotopic (exact) mass is 437 g/mol. The molecule has 1 aliphatic carbocycles. The third-order valence-electron chi connectivity index (χ3n) is 5.45. The standard InChI is InChI=1S/C26H22F3NO2/c1-17-13-18(15-19(14-17)26(27,28)29)7-6-12-30-25(31)32-16-24-22-10-4-2-8-20(22)21-9-3-5-11-23(21)24/h2-11,13-15,24H,12,16H2,1H3,(H,30,31). The number of alkyl halides is 3. The minimum atomic E-state index is -4.39. The van der Waals surface area contributed by atoms with Gasteiger partial charge in [-0.25, -0.2) is 4.79 Å². The molecule has 0 bridgehead atoms. The van der Waals surface area contributed by atoms with Gasteiger partial charge in [0.1, 0.15) is 6.61 Å². The maximum Gasteiger partial charge on any atom is 0.416 e. The van der Waals surface area contributed by atoms with Crippen molar-refractivity contribution < 1.29 is 22.7 Å². The van der Waals surface area contributed by atoms with Crippen molar-refractivity contribution in [3.05, 3.63) is 101 Å². The van der Waals surface area contributed by atoms with Crippen molar-refractivity contribution in [3.63, 3.8) is 0 Å². The molecule has 0 fully saturated rings. The first-order valence-corrected chi connectivity index (χ1v) is 10.3. The van der Waals surface area contributed by atoms with Gasteiger partial charge in [-0.3, -0.25) is 0 Å². The molecule has 4 rings (SSSR count). The first-order chi connectivity index (χ1) is 15.3. The van der Waals surface area contributed by atoms with Crippen molar-refractivity contribution in [2.24, 2.45) is 0 Å². The molecule has 0 radical (unpaired) electrons. The van der Waals surface area contributed by atoms with Gasteiger partial charge in [-0.1, -0.05) is 66.7 Å². The van der Waals surface area contributed by atoms with Gasteiger partial charge in [-0.15, -0.1) is 0 Å². The molecule has 0 aliphatic heterocycles. The normalized spacial score (nSPS) is 13.1. The third-order valence-corrected chi connectivity index (χ3v) is 5.45. The first-order valence-electron chi connectivity index (χ1n) is 10.3. The van der Waals surface area contributed by atoms with E-state index in [1.54, 1.807) is 25.1 Å². The molecule has 3 aromatic carbocycles. The summed E-state index contributed by atoms with van der Waals surface area (Å²) in [6, 6.07) is 20.0. The molecule has 3 aromatic rings. The van der Waals surface area contributed by atoms with Crippen LogP contribution in [0, 0.1) is 6.92 Å². The van der Waals surface area contributed by atoms with Crippen LogP contribution in [0.2, 0.25) is 0 Å². The lowest BCUT2D eigenvalue weighted by atomic mass is 9.98. The second-order valence-electron chi connectivity index (χ2n) is 7.74. The van der Waals surface area contributed by atoms with E-state index in [-0.39, 0.29) is 19.1 Å². The Kier molecular flexibility index (Phi) is 6.04. The first kappa shape index (κ1) is 21.7. The molecule has 1 aliphatic rings. The van der Waals surface area contributed by atoms with E-state index in [1.165, 1.54) is 0 Å². The zero-order chi connectivity index (χ0) is 22.7. The highest BCUT2D eigenvalue weighted by Crippen LogP contribution is 2.44. The van der Waals surface area contributed by atoms with Crippen molar-refractivity contribution in [3.8, 4) is 11.1 Å². The van der Waals surface area contributed by atoms with Gasteiger partial charge in [0.2, 0.25) is 0 Å². The average Bonchev–Trinajstić information content (AvgIpc) is 3.08. The number of halogens is 3. The zero-order valence-electron chi connectivity index (χ0n) is 17.4. The number of amides is 1. The minimum absolute atomic E-state index is 0.0308. The number of benzene rings is 3. The second-order valence-corrected chi connectivity index (χ2v) is 7.74. The number of carbonyl (C=O) groups is 1. The van der Waals surface area contributed by atoms with Crippen LogP contribution in [0.3, 0.4) is 0 Å². The maximum atomic E-state index is 12.9. The van der Waals surface area contributed by atoms with E-state index < -0.39 is 17.8 Å². The summed E-state index contributed by atoms with van der Waals surface area (Å²) in [4.78, 5) is 12.2. The third kappa shape index (κ3) is 4.69. The number of alkyl carbamates (subject to hydrolysis) is 1. The summed E-state index contributed by atoms with van der Waals surface area (Å²) < 4.78 is 44.3. The predicted octanol–water partition coefficient (Wildman–Crippen LogP) is 6.57. The lowest BCUT2D eigenvalue weighted by Gasteiger charge is -2.14. The van der Waals surface area contributed by atoms with Crippen LogP contribution in [0.1, 0.15) is 33.7 Å². The number of nitrogens with one attached hydrogen (secondary N) is 1. The molecule has 32 heavy (non-hydrogen) atoms. The molecule has 164 valence electrons. The largest absolute Gasteiger partial charge is 0.449 e. The van der Waals surface area contributed by atoms with Crippen LogP contribution in [0.25, 0.3) is 17.2 Å². The quantitative estimate of drug-likeness (QED) is 0.491. The van der Waals surface area contributed by atoms with Gasteiger partial charge in [0.15, 0.2) is 0 Å². The Morgan fingerprint density at radius 1 is 1.00 bits per heavy atom. The molecule has 0 unspecified atom stereocenters. The van der Waals surface area contributed by atoms with Crippen molar-refractivity contribution >= 4 is 12.2 Å². The SMILES string of the molecule is Cc1cc(C=CCNC(=O)OCC2c3ccccc3-c3ccccc32)cc(C(F)(F)F)c1. The lowest BCUT2D eigenvalue weighted by Crippen LogP contribution is -2.26. The van der Waals surface area contributed by atoms with Crippen LogP contribution in [0.4, 0.5) is 18.0 Å². The molecule has 0 aromatic heterocycles. The summed E-state index contributed by atoms with van der Waals surface area (Å²) in [5.41, 5.74) is 4.80. The van der Waals surface area contributed by atoms with E-state index in [1.807, 2.05) is 36.4 Å². The fourth-order valence-electron chi connectivity index (χ4n) is 4.06. The minimum Gasteiger partial charge on any atom is -0.449 e. The predicted molar refractivity (Wildman–Crippen MR) is 118 cm³/mol. The number of fused-ring (bicyclic) bond motifs is 3. The summed E-state index contributed by atoms with van der Waals surface area (Å²) in [6.45, 7) is 1.96. The molecule has 0 saturated carbocycles. The molecular weight excluding hydrogens is 415 g/mol. The fourth-order valence-corrected chi connectivity index (χ4v) is 4.06. The average molecular weight is 437 g/mol. The molecule has 0 spiro atoms. The summed E-state index contributed by atoms with van der Waals surface area (Å²) >= 11 is 0. The molecule has 0 atom stereocenters. The van der Waals surface area contributed by atoms with Crippen LogP contribution in [0.15, 0.2) is 72.8 Å². The summed E-state index contributed by atoms with van der Waals surface area (Å²) in [5.74, 6) is -0.0308. The summed E-state index contributed by atoms with van der Waals surface area (Å²) in [5, 5.41) is 2.61. The highest BCUT2D eigenvalue weighted by atomic mass is 19.4. The summed E-state index contributed by atoms with van der Waals surface area (Å²) in [7, 11) is 0. The van der Waals surface area contributed by atoms with Crippen molar-refractivity contribution in [1.29, 1.82) is 0 Å². The van der Waals surface area contributed by atoms with E-state index >= 15 is 0 Å². The van der Waals surface area contributed by atoms with Crippen LogP contribution in [0.5, 0.6) is 0 Å². The Balaban J connectivity index is 1.34. The van der Waals surface area contributed by atoms with Crippen molar-refractivity contribution in [1.82, 2.24) is 5.32 Å². The highest BCUT2D eigenvalue weighted by Gasteiger charge is 2.31. The van der Waals surface area contributed by atoms with Gasteiger partial charge in [-0.2, -0.15) is 13.2 Å². The summed E-state index contributed by atoms with van der Waals surface area (Å²) in [6.07, 6.45) is -1.83. The van der Waals surface area contributed by atoms with Crippen molar-refractivity contribution in [2.75, 3.05) is 13.2 Å². The lowest BCUT2D eigenvalue weighted by molar-refractivity contribution is -0.137. The molecular formula is C26H22F3NO2. The zero-order valence-corrected chi connectivity index (χ0v) is 17.4. The van der Waals surface area contributed by atoms with Gasteiger partial charge >= 0.3 is 12.3 Å². The number of aryl methyl sites for hydroxylation is 1. The number of hydrogen-bond acceptors (Lipinski definition) is 2. The number of hydrogen-bond donors (Lipinski definition) is 1. The van der Waals surface area contributed by atoms with Crippen LogP contribution < -0.4 is 5.32 Å². The second kappa shape index (κ2) is 8.91. The maximum absolute atomic E-state index is 12.9. The van der Waals surface area contributed by atoms with Gasteiger partial charge in [0.25, 0.3) is 0 Å². The Morgan fingerprint density at radius 2 is 1.62 bits per heavy atom. The van der Waals surface area contributed by atoms with E-state index in [0.29, 0.717) is 11.1 Å². The Hall–Kier alpha value is -3.54. The molecule has 1 N–H and O–H groups in total. The fraction of sp³-hybridized carbons (Fsp3) is 0.192. The highest BCUT2D eigenvalue weighted by molar-refractivity contribution is 5.79. The molecule has 0 saturated heterocycles.